The lowest BCUT2D eigenvalue weighted by Crippen LogP contribution is -2.31. The molecule has 2 rings (SSSR count). The molecule has 2 N–H and O–H groups in total. The second-order valence-electron chi connectivity index (χ2n) is 5.19. The molecule has 0 unspecified atom stereocenters. The van der Waals surface area contributed by atoms with Crippen LogP contribution in [-0.4, -0.2) is 17.8 Å². The fraction of sp³-hybridized carbons (Fsp3) is 0.333. The summed E-state index contributed by atoms with van der Waals surface area (Å²) in [4.78, 5) is 0. The molecule has 0 amide bonds. The van der Waals surface area contributed by atoms with Gasteiger partial charge in [0.1, 0.15) is 12.4 Å². The lowest BCUT2D eigenvalue weighted by molar-refractivity contribution is 0.238. The van der Waals surface area contributed by atoms with Crippen LogP contribution < -0.4 is 10.1 Å². The minimum atomic E-state index is 0.149. The van der Waals surface area contributed by atoms with E-state index in [-0.39, 0.29) is 12.6 Å². The van der Waals surface area contributed by atoms with Crippen LogP contribution >= 0.6 is 11.6 Å². The summed E-state index contributed by atoms with van der Waals surface area (Å²) in [6.45, 7) is 3.42. The van der Waals surface area contributed by atoms with Crippen molar-refractivity contribution in [1.29, 1.82) is 0 Å². The predicted molar refractivity (Wildman–Crippen MR) is 90.2 cm³/mol. The Bertz CT molecular complexity index is 568. The lowest BCUT2D eigenvalue weighted by atomic mass is 10.2. The molecule has 3 nitrogen and oxygen atoms in total. The summed E-state index contributed by atoms with van der Waals surface area (Å²) in [6.07, 6.45) is 0.912. The van der Waals surface area contributed by atoms with Crippen molar-refractivity contribution in [2.75, 3.05) is 6.61 Å². The van der Waals surface area contributed by atoms with Gasteiger partial charge in [0, 0.05) is 23.2 Å². The van der Waals surface area contributed by atoms with Gasteiger partial charge in [-0.15, -0.1) is 0 Å². The summed E-state index contributed by atoms with van der Waals surface area (Å²) in [5, 5.41) is 13.2. The van der Waals surface area contributed by atoms with Gasteiger partial charge in [-0.2, -0.15) is 0 Å². The largest absolute Gasteiger partial charge is 0.489 e. The summed E-state index contributed by atoms with van der Waals surface area (Å²) in [6, 6.07) is 15.8. The van der Waals surface area contributed by atoms with Gasteiger partial charge in [-0.3, -0.25) is 0 Å². The summed E-state index contributed by atoms with van der Waals surface area (Å²) in [5.74, 6) is 0.817. The molecule has 1 atom stereocenters. The average molecular weight is 320 g/mol. The van der Waals surface area contributed by atoms with Crippen LogP contribution in [-0.2, 0) is 13.2 Å². The summed E-state index contributed by atoms with van der Waals surface area (Å²) < 4.78 is 5.75. The highest BCUT2D eigenvalue weighted by Gasteiger charge is 2.04. The minimum absolute atomic E-state index is 0.149. The summed E-state index contributed by atoms with van der Waals surface area (Å²) in [5.41, 5.74) is 2.14. The summed E-state index contributed by atoms with van der Waals surface area (Å²) in [7, 11) is 0. The zero-order chi connectivity index (χ0) is 15.8. The molecule has 0 aliphatic carbocycles. The van der Waals surface area contributed by atoms with Crippen LogP contribution in [0.3, 0.4) is 0 Å². The molecule has 22 heavy (non-hydrogen) atoms. The Morgan fingerprint density at radius 3 is 2.50 bits per heavy atom. The fourth-order valence-corrected chi connectivity index (χ4v) is 2.27. The molecule has 0 bridgehead atoms. The van der Waals surface area contributed by atoms with E-state index in [0.29, 0.717) is 6.61 Å². The first-order valence-corrected chi connectivity index (χ1v) is 7.90. The molecule has 2 aromatic carbocycles. The van der Waals surface area contributed by atoms with Gasteiger partial charge in [0.15, 0.2) is 0 Å². The normalized spacial score (nSPS) is 12.1. The van der Waals surface area contributed by atoms with E-state index in [1.54, 1.807) is 0 Å². The SMILES string of the molecule is CC[C@@H](CO)NCc1ccc(OCc2ccccc2Cl)cc1. The molecule has 0 aliphatic heterocycles. The maximum atomic E-state index is 9.16. The monoisotopic (exact) mass is 319 g/mol. The van der Waals surface area contributed by atoms with Crippen molar-refractivity contribution in [3.05, 3.63) is 64.7 Å². The van der Waals surface area contributed by atoms with Crippen molar-refractivity contribution >= 4 is 11.6 Å². The van der Waals surface area contributed by atoms with Crippen molar-refractivity contribution in [1.82, 2.24) is 5.32 Å². The van der Waals surface area contributed by atoms with Gasteiger partial charge in [0.25, 0.3) is 0 Å². The molecule has 2 aromatic rings. The van der Waals surface area contributed by atoms with E-state index >= 15 is 0 Å². The maximum absolute atomic E-state index is 9.16. The van der Waals surface area contributed by atoms with E-state index < -0.39 is 0 Å². The Hall–Kier alpha value is -1.55. The standard InChI is InChI=1S/C18H22ClNO2/c1-2-16(12-21)20-11-14-7-9-17(10-8-14)22-13-15-5-3-4-6-18(15)19/h3-10,16,20-21H,2,11-13H2,1H3/t16-/m0/s1. The molecule has 0 spiro atoms. The lowest BCUT2D eigenvalue weighted by Gasteiger charge is -2.14. The number of nitrogens with one attached hydrogen (secondary N) is 1. The summed E-state index contributed by atoms with van der Waals surface area (Å²) >= 11 is 6.11. The molecule has 0 saturated carbocycles. The number of rotatable bonds is 8. The first-order valence-electron chi connectivity index (χ1n) is 7.52. The van der Waals surface area contributed by atoms with Crippen LogP contribution in [0.15, 0.2) is 48.5 Å². The smallest absolute Gasteiger partial charge is 0.119 e. The topological polar surface area (TPSA) is 41.5 Å². The highest BCUT2D eigenvalue weighted by Crippen LogP contribution is 2.19. The average Bonchev–Trinajstić information content (AvgIpc) is 2.56. The van der Waals surface area contributed by atoms with Crippen molar-refractivity contribution in [2.45, 2.75) is 32.5 Å². The van der Waals surface area contributed by atoms with Crippen molar-refractivity contribution in [2.24, 2.45) is 0 Å². The third-order valence-corrected chi connectivity index (χ3v) is 3.95. The minimum Gasteiger partial charge on any atom is -0.489 e. The van der Waals surface area contributed by atoms with Gasteiger partial charge in [-0.05, 0) is 30.2 Å². The number of aliphatic hydroxyl groups excluding tert-OH is 1. The highest BCUT2D eigenvalue weighted by atomic mass is 35.5. The molecule has 0 fully saturated rings. The number of aliphatic hydroxyl groups is 1. The third kappa shape index (κ3) is 5.02. The molecular formula is C18H22ClNO2. The van der Waals surface area contributed by atoms with Crippen LogP contribution in [0.1, 0.15) is 24.5 Å². The Balaban J connectivity index is 1.85. The molecule has 0 heterocycles. The van der Waals surface area contributed by atoms with Crippen molar-refractivity contribution in [3.63, 3.8) is 0 Å². The highest BCUT2D eigenvalue weighted by molar-refractivity contribution is 6.31. The quantitative estimate of drug-likeness (QED) is 0.778. The maximum Gasteiger partial charge on any atom is 0.119 e. The van der Waals surface area contributed by atoms with Gasteiger partial charge < -0.3 is 15.2 Å². The van der Waals surface area contributed by atoms with Crippen LogP contribution in [0.4, 0.5) is 0 Å². The predicted octanol–water partition coefficient (Wildman–Crippen LogP) is 3.78. The second kappa shape index (κ2) is 8.79. The van der Waals surface area contributed by atoms with Gasteiger partial charge in [0.05, 0.1) is 6.61 Å². The van der Waals surface area contributed by atoms with Crippen molar-refractivity contribution < 1.29 is 9.84 Å². The second-order valence-corrected chi connectivity index (χ2v) is 5.60. The molecule has 118 valence electrons. The third-order valence-electron chi connectivity index (χ3n) is 3.58. The Morgan fingerprint density at radius 1 is 1.14 bits per heavy atom. The fourth-order valence-electron chi connectivity index (χ4n) is 2.08. The van der Waals surface area contributed by atoms with Gasteiger partial charge in [-0.1, -0.05) is 48.9 Å². The zero-order valence-electron chi connectivity index (χ0n) is 12.8. The van der Waals surface area contributed by atoms with Gasteiger partial charge >= 0.3 is 0 Å². The van der Waals surface area contributed by atoms with E-state index in [9.17, 15) is 0 Å². The van der Waals surface area contributed by atoms with Gasteiger partial charge in [0.2, 0.25) is 0 Å². The van der Waals surface area contributed by atoms with Crippen LogP contribution in [0, 0.1) is 0 Å². The first-order chi connectivity index (χ1) is 10.7. The first kappa shape index (κ1) is 16.8. The molecule has 0 aromatic heterocycles. The molecule has 0 aliphatic rings. The molecule has 0 saturated heterocycles. The molecule has 4 heteroatoms. The Labute approximate surface area is 136 Å². The Kier molecular flexibility index (Phi) is 6.72. The van der Waals surface area contributed by atoms with Gasteiger partial charge in [-0.25, -0.2) is 0 Å². The van der Waals surface area contributed by atoms with E-state index in [1.165, 1.54) is 0 Å². The molecule has 0 radical (unpaired) electrons. The number of ether oxygens (including phenoxy) is 1. The van der Waals surface area contributed by atoms with Crippen LogP contribution in [0.5, 0.6) is 5.75 Å². The number of hydrogen-bond donors (Lipinski definition) is 2. The van der Waals surface area contributed by atoms with Crippen molar-refractivity contribution in [3.8, 4) is 5.75 Å². The van der Waals surface area contributed by atoms with E-state index in [4.69, 9.17) is 21.4 Å². The number of benzene rings is 2. The van der Waals surface area contributed by atoms with E-state index in [1.807, 2.05) is 48.5 Å². The van der Waals surface area contributed by atoms with E-state index in [0.717, 1.165) is 34.9 Å². The van der Waals surface area contributed by atoms with E-state index in [2.05, 4.69) is 12.2 Å². The molecular weight excluding hydrogens is 298 g/mol. The van der Waals surface area contributed by atoms with Crippen LogP contribution in [0.2, 0.25) is 5.02 Å². The number of hydrogen-bond acceptors (Lipinski definition) is 3. The zero-order valence-corrected chi connectivity index (χ0v) is 13.5. The van der Waals surface area contributed by atoms with Crippen LogP contribution in [0.25, 0.3) is 0 Å². The number of halogens is 1. The Morgan fingerprint density at radius 2 is 1.86 bits per heavy atom.